The van der Waals surface area contributed by atoms with Gasteiger partial charge in [0.05, 0.1) is 27.9 Å². The third kappa shape index (κ3) is 7.85. The number of aliphatic imine (C=N–C) groups is 2. The van der Waals surface area contributed by atoms with Gasteiger partial charge in [-0.25, -0.2) is 19.6 Å². The van der Waals surface area contributed by atoms with Crippen LogP contribution in [0.15, 0.2) is 22.6 Å². The number of esters is 1. The lowest BCUT2D eigenvalue weighted by atomic mass is 9.92. The molecule has 0 aromatic carbocycles. The molecule has 1 amide bonds. The third-order valence-corrected chi connectivity index (χ3v) is 5.24. The van der Waals surface area contributed by atoms with Crippen LogP contribution < -0.4 is 5.73 Å². The maximum absolute atomic E-state index is 11.9. The Bertz CT molecular complexity index is 769. The van der Waals surface area contributed by atoms with Crippen molar-refractivity contribution in [1.82, 2.24) is 9.80 Å². The number of hydrogen-bond donors (Lipinski definition) is 1. The molecular formula is C22H40ClN5O6. The maximum atomic E-state index is 11.9. The van der Waals surface area contributed by atoms with E-state index < -0.39 is 17.2 Å². The van der Waals surface area contributed by atoms with Crippen molar-refractivity contribution in [1.29, 1.82) is 0 Å². The summed E-state index contributed by atoms with van der Waals surface area (Å²) in [5.74, 6) is 0.917. The third-order valence-electron chi connectivity index (χ3n) is 5.24. The summed E-state index contributed by atoms with van der Waals surface area (Å²) in [6.07, 6.45) is 1.06. The van der Waals surface area contributed by atoms with E-state index in [-0.39, 0.29) is 43.5 Å². The molecule has 2 atom stereocenters. The second kappa shape index (κ2) is 13.5. The van der Waals surface area contributed by atoms with Crippen LogP contribution in [0, 0.1) is 5.92 Å². The van der Waals surface area contributed by atoms with Crippen molar-refractivity contribution in [3.8, 4) is 0 Å². The summed E-state index contributed by atoms with van der Waals surface area (Å²) < 4.78 is 20.4. The summed E-state index contributed by atoms with van der Waals surface area (Å²) in [5, 5.41) is 0. The van der Waals surface area contributed by atoms with Crippen LogP contribution in [0.5, 0.6) is 0 Å². The highest BCUT2D eigenvalue weighted by atomic mass is 35.5. The van der Waals surface area contributed by atoms with Crippen LogP contribution in [0.2, 0.25) is 0 Å². The number of carbonyl (C=O) groups is 2. The Balaban J connectivity index is 0.000000827. The summed E-state index contributed by atoms with van der Waals surface area (Å²) in [7, 11) is 8.03. The standard InChI is InChI=1S/C16H27N3O4.C6H12N2O2.ClH/c1-8-9-23-15(20)19(5)10-16(4)14(22-7)17-12(11(2)3)13(18-16)21-6;1-8-3-6(7,4-8)5(9)10-2;/h8,11-12H,1,9-10H2,2-7H3;3-4,7H2,1-2H3;1H/t12-,16+;;/m1../s1. The van der Waals surface area contributed by atoms with Crippen LogP contribution >= 0.6 is 12.4 Å². The SMILES string of the molecule is C=CCOC(=O)N(C)C[C@]1(C)N=C(OC)[C@@H](C(C)C)N=C1OC.COC(=O)C1(N)CN(C)C1.Cl. The predicted octanol–water partition coefficient (Wildman–Crippen LogP) is 1.35. The molecule has 2 aliphatic rings. The number of methoxy groups -OCH3 is 3. The molecule has 1 saturated heterocycles. The number of amides is 1. The molecule has 2 heterocycles. The van der Waals surface area contributed by atoms with Gasteiger partial charge < -0.3 is 34.5 Å². The zero-order valence-corrected chi connectivity index (χ0v) is 22.3. The van der Waals surface area contributed by atoms with Crippen molar-refractivity contribution in [2.45, 2.75) is 37.9 Å². The Hall–Kier alpha value is -2.37. The van der Waals surface area contributed by atoms with Gasteiger partial charge in [-0.05, 0) is 19.9 Å². The van der Waals surface area contributed by atoms with E-state index in [0.717, 1.165) is 0 Å². The van der Waals surface area contributed by atoms with E-state index in [1.165, 1.54) is 18.1 Å². The molecule has 2 aliphatic heterocycles. The van der Waals surface area contributed by atoms with Gasteiger partial charge in [0.15, 0.2) is 5.54 Å². The monoisotopic (exact) mass is 505 g/mol. The molecule has 2 N–H and O–H groups in total. The van der Waals surface area contributed by atoms with Crippen LogP contribution in [-0.4, -0.2) is 112 Å². The lowest BCUT2D eigenvalue weighted by Gasteiger charge is -2.42. The van der Waals surface area contributed by atoms with Gasteiger partial charge in [-0.15, -0.1) is 12.4 Å². The van der Waals surface area contributed by atoms with Gasteiger partial charge in [-0.2, -0.15) is 0 Å². The Morgan fingerprint density at radius 2 is 1.88 bits per heavy atom. The Morgan fingerprint density at radius 1 is 1.29 bits per heavy atom. The van der Waals surface area contributed by atoms with Crippen LogP contribution in [0.3, 0.4) is 0 Å². The van der Waals surface area contributed by atoms with Crippen molar-refractivity contribution in [3.05, 3.63) is 12.7 Å². The molecule has 0 unspecified atom stereocenters. The number of carbonyl (C=O) groups excluding carboxylic acids is 2. The van der Waals surface area contributed by atoms with E-state index in [9.17, 15) is 9.59 Å². The summed E-state index contributed by atoms with van der Waals surface area (Å²) in [6, 6.07) is -0.193. The first-order chi connectivity index (χ1) is 15.4. The summed E-state index contributed by atoms with van der Waals surface area (Å²) in [4.78, 5) is 35.5. The normalized spacial score (nSPS) is 22.9. The average Bonchev–Trinajstić information content (AvgIpc) is 2.75. The highest BCUT2D eigenvalue weighted by Gasteiger charge is 2.45. The van der Waals surface area contributed by atoms with Crippen LogP contribution in [0.1, 0.15) is 20.8 Å². The van der Waals surface area contributed by atoms with Gasteiger partial charge in [0.2, 0.25) is 11.8 Å². The quantitative estimate of drug-likeness (QED) is 0.423. The lowest BCUT2D eigenvalue weighted by Crippen LogP contribution is -2.70. The molecule has 11 nitrogen and oxygen atoms in total. The molecule has 196 valence electrons. The van der Waals surface area contributed by atoms with Crippen molar-refractivity contribution in [2.24, 2.45) is 21.6 Å². The molecule has 12 heteroatoms. The van der Waals surface area contributed by atoms with E-state index in [4.69, 9.17) is 19.9 Å². The van der Waals surface area contributed by atoms with Gasteiger partial charge >= 0.3 is 12.1 Å². The number of nitrogens with zero attached hydrogens (tertiary/aromatic N) is 4. The van der Waals surface area contributed by atoms with Gasteiger partial charge in [-0.1, -0.05) is 26.5 Å². The van der Waals surface area contributed by atoms with Crippen molar-refractivity contribution >= 4 is 36.3 Å². The number of ether oxygens (including phenoxy) is 4. The van der Waals surface area contributed by atoms with Crippen LogP contribution in [0.25, 0.3) is 0 Å². The minimum atomic E-state index is -0.826. The Labute approximate surface area is 208 Å². The fourth-order valence-corrected chi connectivity index (χ4v) is 3.67. The van der Waals surface area contributed by atoms with E-state index in [1.54, 1.807) is 21.3 Å². The van der Waals surface area contributed by atoms with Gasteiger partial charge in [0.25, 0.3) is 0 Å². The first kappa shape index (κ1) is 31.6. The summed E-state index contributed by atoms with van der Waals surface area (Å²) in [5.41, 5.74) is 4.07. The molecule has 0 aliphatic carbocycles. The first-order valence-corrected chi connectivity index (χ1v) is 10.7. The largest absolute Gasteiger partial charge is 0.483 e. The number of hydrogen-bond acceptors (Lipinski definition) is 10. The minimum Gasteiger partial charge on any atom is -0.483 e. The van der Waals surface area contributed by atoms with Gasteiger partial charge in [0.1, 0.15) is 18.2 Å². The number of nitrogens with two attached hydrogens (primary N) is 1. The first-order valence-electron chi connectivity index (χ1n) is 10.7. The van der Waals surface area contributed by atoms with Crippen molar-refractivity contribution in [3.63, 3.8) is 0 Å². The molecule has 34 heavy (non-hydrogen) atoms. The molecular weight excluding hydrogens is 466 g/mol. The number of rotatable bonds is 6. The second-order valence-electron chi connectivity index (χ2n) is 8.80. The fraction of sp³-hybridized carbons (Fsp3) is 0.727. The zero-order chi connectivity index (χ0) is 25.4. The molecule has 0 radical (unpaired) electrons. The number of halogens is 1. The molecule has 0 aromatic heterocycles. The van der Waals surface area contributed by atoms with Crippen molar-refractivity contribution < 1.29 is 28.5 Å². The van der Waals surface area contributed by atoms with E-state index >= 15 is 0 Å². The fourth-order valence-electron chi connectivity index (χ4n) is 3.67. The summed E-state index contributed by atoms with van der Waals surface area (Å²) >= 11 is 0. The maximum Gasteiger partial charge on any atom is 0.409 e. The zero-order valence-electron chi connectivity index (χ0n) is 21.5. The molecule has 0 spiro atoms. The Morgan fingerprint density at radius 3 is 2.29 bits per heavy atom. The topological polar surface area (TPSA) is 128 Å². The number of likely N-dealkylation sites (N-methyl/N-ethyl adjacent to an activating group) is 2. The predicted molar refractivity (Wildman–Crippen MR) is 134 cm³/mol. The van der Waals surface area contributed by atoms with Crippen molar-refractivity contribution in [2.75, 3.05) is 61.7 Å². The summed E-state index contributed by atoms with van der Waals surface area (Å²) in [6.45, 7) is 11.1. The molecule has 1 fully saturated rings. The Kier molecular flexibility index (Phi) is 12.6. The van der Waals surface area contributed by atoms with E-state index in [2.05, 4.69) is 21.3 Å². The highest BCUT2D eigenvalue weighted by molar-refractivity contribution is 5.97. The van der Waals surface area contributed by atoms with Crippen LogP contribution in [-0.2, 0) is 23.7 Å². The second-order valence-corrected chi connectivity index (χ2v) is 8.80. The molecule has 0 saturated carbocycles. The van der Waals surface area contributed by atoms with Crippen LogP contribution in [0.4, 0.5) is 4.79 Å². The van der Waals surface area contributed by atoms with Gasteiger partial charge in [0, 0.05) is 20.1 Å². The lowest BCUT2D eigenvalue weighted by molar-refractivity contribution is -0.153. The average molecular weight is 506 g/mol. The molecule has 0 aromatic rings. The molecule has 2 rings (SSSR count). The molecule has 0 bridgehead atoms. The minimum absolute atomic E-state index is 0. The highest BCUT2D eigenvalue weighted by Crippen LogP contribution is 2.25. The number of likely N-dealkylation sites (tertiary alicyclic amines) is 1. The van der Waals surface area contributed by atoms with E-state index in [1.807, 2.05) is 32.7 Å². The van der Waals surface area contributed by atoms with E-state index in [0.29, 0.717) is 24.9 Å². The smallest absolute Gasteiger partial charge is 0.409 e. The van der Waals surface area contributed by atoms with Gasteiger partial charge in [-0.3, -0.25) is 0 Å².